The van der Waals surface area contributed by atoms with Gasteiger partial charge in [0.25, 0.3) is 0 Å². The molecule has 2 unspecified atom stereocenters. The molecule has 0 spiro atoms. The van der Waals surface area contributed by atoms with Crippen LogP contribution in [0.5, 0.6) is 0 Å². The third kappa shape index (κ3) is 2.52. The van der Waals surface area contributed by atoms with Gasteiger partial charge in [0.1, 0.15) is 5.82 Å². The molecule has 1 nitrogen and oxygen atoms in total. The van der Waals surface area contributed by atoms with Crippen LogP contribution in [0.1, 0.15) is 50.8 Å². The molecule has 0 aromatic heterocycles. The molecule has 1 aromatic rings. The second-order valence-electron chi connectivity index (χ2n) is 5.32. The standard InChI is InChI=1S/C15H22FN/c1-4-14(10(2)3)17-15-9-8-11-12(15)6-5-7-13(11)16/h5-7,10,14-15,17H,4,8-9H2,1-3H3. The molecule has 0 aliphatic heterocycles. The maximum absolute atomic E-state index is 13.6. The SMILES string of the molecule is CCC(NC1CCc2c(F)cccc21)C(C)C. The normalized spacial score (nSPS) is 20.6. The lowest BCUT2D eigenvalue weighted by Crippen LogP contribution is -2.35. The summed E-state index contributed by atoms with van der Waals surface area (Å²) in [6.45, 7) is 6.68. The summed E-state index contributed by atoms with van der Waals surface area (Å²) in [6.07, 6.45) is 3.02. The average Bonchev–Trinajstić information content (AvgIpc) is 2.70. The zero-order valence-electron chi connectivity index (χ0n) is 11.0. The van der Waals surface area contributed by atoms with E-state index in [1.54, 1.807) is 6.07 Å². The Kier molecular flexibility index (Phi) is 3.82. The Morgan fingerprint density at radius 3 is 2.82 bits per heavy atom. The second kappa shape index (κ2) is 5.18. The summed E-state index contributed by atoms with van der Waals surface area (Å²) in [4.78, 5) is 0. The zero-order chi connectivity index (χ0) is 12.4. The molecule has 0 saturated carbocycles. The number of benzene rings is 1. The van der Waals surface area contributed by atoms with Crippen molar-refractivity contribution in [3.63, 3.8) is 0 Å². The van der Waals surface area contributed by atoms with Crippen LogP contribution < -0.4 is 5.32 Å². The molecule has 1 aromatic carbocycles. The van der Waals surface area contributed by atoms with Crippen LogP contribution in [0, 0.1) is 11.7 Å². The first-order valence-corrected chi connectivity index (χ1v) is 6.66. The van der Waals surface area contributed by atoms with Gasteiger partial charge in [-0.05, 0) is 42.4 Å². The maximum Gasteiger partial charge on any atom is 0.126 e. The van der Waals surface area contributed by atoms with Gasteiger partial charge in [-0.15, -0.1) is 0 Å². The molecule has 0 heterocycles. The number of hydrogen-bond donors (Lipinski definition) is 1. The van der Waals surface area contributed by atoms with Gasteiger partial charge in [0.05, 0.1) is 0 Å². The molecule has 2 heteroatoms. The van der Waals surface area contributed by atoms with E-state index >= 15 is 0 Å². The van der Waals surface area contributed by atoms with Gasteiger partial charge in [-0.1, -0.05) is 32.9 Å². The van der Waals surface area contributed by atoms with Crippen LogP contribution in [0.4, 0.5) is 4.39 Å². The van der Waals surface area contributed by atoms with E-state index in [0.717, 1.165) is 24.8 Å². The van der Waals surface area contributed by atoms with Gasteiger partial charge in [0.15, 0.2) is 0 Å². The fourth-order valence-electron chi connectivity index (χ4n) is 2.82. The molecule has 0 amide bonds. The summed E-state index contributed by atoms with van der Waals surface area (Å²) in [6, 6.07) is 6.32. The van der Waals surface area contributed by atoms with Crippen LogP contribution in [0.2, 0.25) is 0 Å². The van der Waals surface area contributed by atoms with Gasteiger partial charge in [0, 0.05) is 12.1 Å². The molecule has 94 valence electrons. The maximum atomic E-state index is 13.6. The lowest BCUT2D eigenvalue weighted by atomic mass is 9.99. The Bertz CT molecular complexity index is 387. The van der Waals surface area contributed by atoms with Gasteiger partial charge in [0.2, 0.25) is 0 Å². The minimum Gasteiger partial charge on any atom is -0.307 e. The molecule has 1 N–H and O–H groups in total. The van der Waals surface area contributed by atoms with Gasteiger partial charge < -0.3 is 5.32 Å². The molecule has 0 bridgehead atoms. The van der Waals surface area contributed by atoms with E-state index in [0.29, 0.717) is 18.0 Å². The summed E-state index contributed by atoms with van der Waals surface area (Å²) in [5.41, 5.74) is 2.09. The third-order valence-electron chi connectivity index (χ3n) is 3.87. The minimum atomic E-state index is -0.0376. The Hall–Kier alpha value is -0.890. The van der Waals surface area contributed by atoms with Crippen LogP contribution in [-0.4, -0.2) is 6.04 Å². The molecule has 1 aliphatic carbocycles. The molecule has 2 rings (SSSR count). The van der Waals surface area contributed by atoms with Crippen molar-refractivity contribution in [2.75, 3.05) is 0 Å². The van der Waals surface area contributed by atoms with Crippen molar-refractivity contribution >= 4 is 0 Å². The highest BCUT2D eigenvalue weighted by molar-refractivity contribution is 5.35. The lowest BCUT2D eigenvalue weighted by molar-refractivity contribution is 0.344. The molecule has 0 radical (unpaired) electrons. The molecule has 0 saturated heterocycles. The summed E-state index contributed by atoms with van der Waals surface area (Å²) < 4.78 is 13.6. The van der Waals surface area contributed by atoms with Crippen LogP contribution >= 0.6 is 0 Å². The van der Waals surface area contributed by atoms with Crippen LogP contribution in [0.3, 0.4) is 0 Å². The van der Waals surface area contributed by atoms with Crippen molar-refractivity contribution in [3.05, 3.63) is 35.1 Å². The largest absolute Gasteiger partial charge is 0.307 e. The van der Waals surface area contributed by atoms with Crippen molar-refractivity contribution in [1.29, 1.82) is 0 Å². The first-order chi connectivity index (χ1) is 8.13. The van der Waals surface area contributed by atoms with Crippen LogP contribution in [0.15, 0.2) is 18.2 Å². The molecule has 1 aliphatic rings. The van der Waals surface area contributed by atoms with Crippen molar-refractivity contribution in [2.45, 2.75) is 52.1 Å². The highest BCUT2D eigenvalue weighted by atomic mass is 19.1. The fourth-order valence-corrected chi connectivity index (χ4v) is 2.82. The van der Waals surface area contributed by atoms with E-state index in [-0.39, 0.29) is 5.82 Å². The van der Waals surface area contributed by atoms with Gasteiger partial charge in [-0.25, -0.2) is 4.39 Å². The molecule has 0 fully saturated rings. The minimum absolute atomic E-state index is 0.0376. The summed E-state index contributed by atoms with van der Waals surface area (Å²) in [5, 5.41) is 3.68. The average molecular weight is 235 g/mol. The lowest BCUT2D eigenvalue weighted by Gasteiger charge is -2.25. The number of nitrogens with one attached hydrogen (secondary N) is 1. The summed E-state index contributed by atoms with van der Waals surface area (Å²) in [5.74, 6) is 0.585. The first-order valence-electron chi connectivity index (χ1n) is 6.66. The van der Waals surface area contributed by atoms with E-state index in [2.05, 4.69) is 32.2 Å². The van der Waals surface area contributed by atoms with Gasteiger partial charge in [-0.3, -0.25) is 0 Å². The van der Waals surface area contributed by atoms with Crippen LogP contribution in [0.25, 0.3) is 0 Å². The Labute approximate surface area is 103 Å². The van der Waals surface area contributed by atoms with Gasteiger partial charge in [-0.2, -0.15) is 0 Å². The Morgan fingerprint density at radius 1 is 1.41 bits per heavy atom. The first kappa shape index (κ1) is 12.6. The van der Waals surface area contributed by atoms with Crippen LogP contribution in [-0.2, 0) is 6.42 Å². The van der Waals surface area contributed by atoms with Crippen molar-refractivity contribution < 1.29 is 4.39 Å². The third-order valence-corrected chi connectivity index (χ3v) is 3.87. The Morgan fingerprint density at radius 2 is 2.18 bits per heavy atom. The fraction of sp³-hybridized carbons (Fsp3) is 0.600. The van der Waals surface area contributed by atoms with E-state index in [1.807, 2.05) is 6.07 Å². The van der Waals surface area contributed by atoms with E-state index in [9.17, 15) is 4.39 Å². The van der Waals surface area contributed by atoms with Crippen molar-refractivity contribution in [2.24, 2.45) is 5.92 Å². The summed E-state index contributed by atoms with van der Waals surface area (Å²) in [7, 11) is 0. The number of hydrogen-bond acceptors (Lipinski definition) is 1. The highest BCUT2D eigenvalue weighted by Gasteiger charge is 2.26. The van der Waals surface area contributed by atoms with Gasteiger partial charge >= 0.3 is 0 Å². The zero-order valence-corrected chi connectivity index (χ0v) is 11.0. The topological polar surface area (TPSA) is 12.0 Å². The quantitative estimate of drug-likeness (QED) is 0.836. The number of rotatable bonds is 4. The molecule has 17 heavy (non-hydrogen) atoms. The van der Waals surface area contributed by atoms with Crippen molar-refractivity contribution in [3.8, 4) is 0 Å². The van der Waals surface area contributed by atoms with E-state index in [1.165, 1.54) is 5.56 Å². The smallest absolute Gasteiger partial charge is 0.126 e. The molecular formula is C15H22FN. The second-order valence-corrected chi connectivity index (χ2v) is 5.32. The van der Waals surface area contributed by atoms with E-state index < -0.39 is 0 Å². The predicted molar refractivity (Wildman–Crippen MR) is 69.5 cm³/mol. The molecule has 2 atom stereocenters. The highest BCUT2D eigenvalue weighted by Crippen LogP contribution is 2.33. The number of halogens is 1. The van der Waals surface area contributed by atoms with E-state index in [4.69, 9.17) is 0 Å². The monoisotopic (exact) mass is 235 g/mol. The Balaban J connectivity index is 2.14. The predicted octanol–water partition coefficient (Wildman–Crippen LogP) is 3.84. The summed E-state index contributed by atoms with van der Waals surface area (Å²) >= 11 is 0. The molecular weight excluding hydrogens is 213 g/mol. The van der Waals surface area contributed by atoms with Crippen molar-refractivity contribution in [1.82, 2.24) is 5.32 Å². The number of fused-ring (bicyclic) bond motifs is 1.